The van der Waals surface area contributed by atoms with Crippen LogP contribution in [0.4, 0.5) is 8.78 Å². The van der Waals surface area contributed by atoms with Crippen molar-refractivity contribution in [3.8, 4) is 0 Å². The molecule has 1 aromatic heterocycles. The number of hydrogen-bond acceptors (Lipinski definition) is 3. The molecule has 0 aliphatic heterocycles. The maximum Gasteiger partial charge on any atom is 0.282 e. The molecule has 0 aromatic carbocycles. The van der Waals surface area contributed by atoms with E-state index < -0.39 is 6.43 Å². The lowest BCUT2D eigenvalue weighted by molar-refractivity contribution is -0.0102. The summed E-state index contributed by atoms with van der Waals surface area (Å²) in [6.07, 6.45) is 2.19. The Bertz CT molecular complexity index is 464. The Morgan fingerprint density at radius 3 is 2.52 bits per heavy atom. The lowest BCUT2D eigenvalue weighted by Gasteiger charge is -2.48. The summed E-state index contributed by atoms with van der Waals surface area (Å²) in [6, 6.07) is 0.127. The number of aliphatic hydroxyl groups excluding tert-OH is 1. The summed E-state index contributed by atoms with van der Waals surface area (Å²) in [4.78, 5) is 0. The maximum atomic E-state index is 13.0. The van der Waals surface area contributed by atoms with Crippen molar-refractivity contribution < 1.29 is 13.9 Å². The van der Waals surface area contributed by atoms with E-state index in [1.165, 1.54) is 4.68 Å². The Kier molecular flexibility index (Phi) is 4.99. The van der Waals surface area contributed by atoms with Gasteiger partial charge in [-0.15, -0.1) is 0 Å². The fraction of sp³-hybridized carbons (Fsp3) is 0.800. The molecule has 4 nitrogen and oxygen atoms in total. The Balaban J connectivity index is 2.09. The highest BCUT2D eigenvalue weighted by atomic mass is 19.3. The van der Waals surface area contributed by atoms with Crippen LogP contribution >= 0.6 is 0 Å². The predicted molar refractivity (Wildman–Crippen MR) is 77.0 cm³/mol. The second kappa shape index (κ2) is 6.40. The van der Waals surface area contributed by atoms with Gasteiger partial charge in [0.1, 0.15) is 5.69 Å². The molecule has 0 spiro atoms. The number of halogens is 2. The second-order valence-corrected chi connectivity index (χ2v) is 6.49. The number of rotatable bonds is 7. The van der Waals surface area contributed by atoms with Gasteiger partial charge in [0, 0.05) is 36.8 Å². The van der Waals surface area contributed by atoms with Crippen molar-refractivity contribution in [2.24, 2.45) is 18.4 Å². The van der Waals surface area contributed by atoms with Crippen LogP contribution in [0.2, 0.25) is 0 Å². The number of aliphatic hydroxyl groups is 1. The summed E-state index contributed by atoms with van der Waals surface area (Å²) in [7, 11) is 1.65. The maximum absolute atomic E-state index is 13.0. The van der Waals surface area contributed by atoms with Gasteiger partial charge < -0.3 is 10.4 Å². The lowest BCUT2D eigenvalue weighted by Crippen LogP contribution is -2.54. The molecule has 120 valence electrons. The summed E-state index contributed by atoms with van der Waals surface area (Å²) in [5.74, 6) is 0.337. The standard InChI is InChI=1S/C15H25F2N3O/c1-10(2)13(15(9-21)5-4-6-15)18-7-11-8-20(3)19-12(11)14(16)17/h8,10,13-14,18,21H,4-7,9H2,1-3H3. The quantitative estimate of drug-likeness (QED) is 0.814. The Hall–Kier alpha value is -1.01. The van der Waals surface area contributed by atoms with Crippen molar-refractivity contribution in [3.05, 3.63) is 17.5 Å². The molecule has 1 aliphatic rings. The number of aromatic nitrogens is 2. The first-order chi connectivity index (χ1) is 9.89. The van der Waals surface area contributed by atoms with Crippen molar-refractivity contribution >= 4 is 0 Å². The van der Waals surface area contributed by atoms with E-state index in [0.29, 0.717) is 18.0 Å². The summed E-state index contributed by atoms with van der Waals surface area (Å²) >= 11 is 0. The van der Waals surface area contributed by atoms with Gasteiger partial charge in [-0.05, 0) is 18.8 Å². The van der Waals surface area contributed by atoms with Crippen molar-refractivity contribution in [1.82, 2.24) is 15.1 Å². The van der Waals surface area contributed by atoms with Crippen LogP contribution in [0.5, 0.6) is 0 Å². The Morgan fingerprint density at radius 1 is 1.43 bits per heavy atom. The number of nitrogens with zero attached hydrogens (tertiary/aromatic N) is 2. The van der Waals surface area contributed by atoms with Crippen LogP contribution in [0, 0.1) is 11.3 Å². The third-order valence-corrected chi connectivity index (χ3v) is 4.65. The number of aryl methyl sites for hydroxylation is 1. The van der Waals surface area contributed by atoms with Crippen LogP contribution < -0.4 is 5.32 Å². The van der Waals surface area contributed by atoms with Gasteiger partial charge in [-0.25, -0.2) is 8.78 Å². The molecule has 2 N–H and O–H groups in total. The van der Waals surface area contributed by atoms with Crippen LogP contribution in [-0.4, -0.2) is 27.5 Å². The average Bonchev–Trinajstić information content (AvgIpc) is 2.73. The third-order valence-electron chi connectivity index (χ3n) is 4.65. The number of alkyl halides is 2. The van der Waals surface area contributed by atoms with E-state index in [2.05, 4.69) is 24.3 Å². The van der Waals surface area contributed by atoms with Crippen LogP contribution in [-0.2, 0) is 13.6 Å². The predicted octanol–water partition coefficient (Wildman–Crippen LogP) is 2.63. The van der Waals surface area contributed by atoms with Gasteiger partial charge in [0.25, 0.3) is 6.43 Å². The first kappa shape index (κ1) is 16.4. The van der Waals surface area contributed by atoms with Crippen molar-refractivity contribution in [3.63, 3.8) is 0 Å². The Morgan fingerprint density at radius 2 is 2.10 bits per heavy atom. The van der Waals surface area contributed by atoms with Crippen molar-refractivity contribution in [2.45, 2.75) is 52.1 Å². The molecule has 1 aromatic rings. The monoisotopic (exact) mass is 301 g/mol. The minimum atomic E-state index is -2.56. The van der Waals surface area contributed by atoms with E-state index in [0.717, 1.165) is 19.3 Å². The van der Waals surface area contributed by atoms with Crippen molar-refractivity contribution in [2.75, 3.05) is 6.61 Å². The molecule has 21 heavy (non-hydrogen) atoms. The van der Waals surface area contributed by atoms with Gasteiger partial charge >= 0.3 is 0 Å². The first-order valence-corrected chi connectivity index (χ1v) is 7.54. The molecule has 2 rings (SSSR count). The highest BCUT2D eigenvalue weighted by molar-refractivity contribution is 5.18. The fourth-order valence-electron chi connectivity index (χ4n) is 3.45. The van der Waals surface area contributed by atoms with Crippen molar-refractivity contribution in [1.29, 1.82) is 0 Å². The van der Waals surface area contributed by atoms with Gasteiger partial charge in [-0.3, -0.25) is 4.68 Å². The summed E-state index contributed by atoms with van der Waals surface area (Å²) in [5.41, 5.74) is 0.284. The smallest absolute Gasteiger partial charge is 0.282 e. The molecular weight excluding hydrogens is 276 g/mol. The summed E-state index contributed by atoms with van der Waals surface area (Å²) < 4.78 is 27.3. The van der Waals surface area contributed by atoms with E-state index in [4.69, 9.17) is 0 Å². The minimum absolute atomic E-state index is 0.0959. The van der Waals surface area contributed by atoms with Crippen LogP contribution in [0.25, 0.3) is 0 Å². The van der Waals surface area contributed by atoms with E-state index in [1.54, 1.807) is 13.2 Å². The second-order valence-electron chi connectivity index (χ2n) is 6.49. The number of nitrogens with one attached hydrogen (secondary N) is 1. The summed E-state index contributed by atoms with van der Waals surface area (Å²) in [5, 5.41) is 16.9. The molecule has 0 saturated heterocycles. The largest absolute Gasteiger partial charge is 0.396 e. The van der Waals surface area contributed by atoms with Crippen LogP contribution in [0.15, 0.2) is 6.20 Å². The zero-order valence-electron chi connectivity index (χ0n) is 12.9. The van der Waals surface area contributed by atoms with Gasteiger partial charge in [0.05, 0.1) is 6.61 Å². The lowest BCUT2D eigenvalue weighted by atomic mass is 9.62. The molecule has 1 atom stereocenters. The van der Waals surface area contributed by atoms with E-state index >= 15 is 0 Å². The molecule has 1 fully saturated rings. The van der Waals surface area contributed by atoms with Gasteiger partial charge in [-0.1, -0.05) is 20.3 Å². The van der Waals surface area contributed by atoms with E-state index in [1.807, 2.05) is 0 Å². The molecule has 1 saturated carbocycles. The Labute approximate surface area is 124 Å². The normalized spacial score (nSPS) is 19.0. The number of hydrogen-bond donors (Lipinski definition) is 2. The molecule has 6 heteroatoms. The van der Waals surface area contributed by atoms with Gasteiger partial charge in [0.15, 0.2) is 0 Å². The molecule has 1 aliphatic carbocycles. The molecule has 0 bridgehead atoms. The van der Waals surface area contributed by atoms with Gasteiger partial charge in [-0.2, -0.15) is 5.10 Å². The molecule has 0 amide bonds. The van der Waals surface area contributed by atoms with E-state index in [9.17, 15) is 13.9 Å². The highest BCUT2D eigenvalue weighted by Crippen LogP contribution is 2.45. The zero-order chi connectivity index (χ0) is 15.6. The molecule has 0 radical (unpaired) electrons. The minimum Gasteiger partial charge on any atom is -0.396 e. The molecule has 1 unspecified atom stereocenters. The SMILES string of the molecule is CC(C)C(NCc1cn(C)nc1C(F)F)C1(CO)CCC1. The molecular formula is C15H25F2N3O. The average molecular weight is 301 g/mol. The van der Waals surface area contributed by atoms with Crippen LogP contribution in [0.1, 0.15) is 50.8 Å². The van der Waals surface area contributed by atoms with Crippen LogP contribution in [0.3, 0.4) is 0 Å². The molecule has 1 heterocycles. The third kappa shape index (κ3) is 3.26. The highest BCUT2D eigenvalue weighted by Gasteiger charge is 2.44. The van der Waals surface area contributed by atoms with Gasteiger partial charge in [0.2, 0.25) is 0 Å². The summed E-state index contributed by atoms with van der Waals surface area (Å²) in [6.45, 7) is 4.71. The zero-order valence-corrected chi connectivity index (χ0v) is 12.9. The first-order valence-electron chi connectivity index (χ1n) is 7.54. The topological polar surface area (TPSA) is 50.1 Å². The fourth-order valence-corrected chi connectivity index (χ4v) is 3.45. The van der Waals surface area contributed by atoms with E-state index in [-0.39, 0.29) is 23.8 Å².